The Morgan fingerprint density at radius 3 is 2.21 bits per heavy atom. The van der Waals surface area contributed by atoms with Gasteiger partial charge in [0.2, 0.25) is 0 Å². The molecule has 0 saturated carbocycles. The Morgan fingerprint density at radius 2 is 1.62 bits per heavy atom. The number of piperazine rings is 1. The van der Waals surface area contributed by atoms with Crippen molar-refractivity contribution in [1.82, 2.24) is 14.5 Å². The summed E-state index contributed by atoms with van der Waals surface area (Å²) < 4.78 is 8.08. The minimum Gasteiger partial charge on any atom is -0.488 e. The minimum atomic E-state index is -0.223. The number of carbonyl (C=O) groups excluding carboxylic acids is 3. The molecule has 1 aliphatic heterocycles. The Hall–Kier alpha value is -4.66. The number of rotatable bonds is 8. The Morgan fingerprint density at radius 1 is 0.952 bits per heavy atom. The van der Waals surface area contributed by atoms with Gasteiger partial charge in [-0.05, 0) is 69.7 Å². The summed E-state index contributed by atoms with van der Waals surface area (Å²) in [4.78, 5) is 47.6. The lowest BCUT2D eigenvalue weighted by Crippen LogP contribution is -2.49. The largest absolute Gasteiger partial charge is 0.488 e. The number of pyridine rings is 1. The van der Waals surface area contributed by atoms with Crippen LogP contribution in [-0.4, -0.2) is 64.3 Å². The lowest BCUT2D eigenvalue weighted by atomic mass is 10.1. The average molecular weight is 568 g/mol. The van der Waals surface area contributed by atoms with E-state index in [1.54, 1.807) is 19.1 Å². The van der Waals surface area contributed by atoms with Crippen LogP contribution in [0.3, 0.4) is 0 Å². The summed E-state index contributed by atoms with van der Waals surface area (Å²) in [7, 11) is 1.84. The van der Waals surface area contributed by atoms with Crippen molar-refractivity contribution in [3.63, 3.8) is 0 Å². The van der Waals surface area contributed by atoms with Gasteiger partial charge in [0.15, 0.2) is 17.2 Å². The number of anilines is 2. The number of ether oxygens (including phenoxy) is 1. The lowest BCUT2D eigenvalue weighted by molar-refractivity contribution is 0.0730. The van der Waals surface area contributed by atoms with E-state index < -0.39 is 0 Å². The van der Waals surface area contributed by atoms with Crippen LogP contribution in [0.25, 0.3) is 11.0 Å². The van der Waals surface area contributed by atoms with Crippen molar-refractivity contribution in [2.24, 2.45) is 7.05 Å². The predicted molar refractivity (Wildman–Crippen MR) is 165 cm³/mol. The Kier molecular flexibility index (Phi) is 8.29. The van der Waals surface area contributed by atoms with E-state index in [4.69, 9.17) is 9.72 Å². The molecule has 5 rings (SSSR count). The van der Waals surface area contributed by atoms with Crippen molar-refractivity contribution in [1.29, 1.82) is 0 Å². The molecule has 3 heterocycles. The first kappa shape index (κ1) is 28.9. The highest BCUT2D eigenvalue weighted by Gasteiger charge is 2.31. The van der Waals surface area contributed by atoms with E-state index in [0.717, 1.165) is 11.4 Å². The fourth-order valence-electron chi connectivity index (χ4n) is 5.33. The summed E-state index contributed by atoms with van der Waals surface area (Å²) in [5.41, 5.74) is 4.67. The Labute approximate surface area is 246 Å². The summed E-state index contributed by atoms with van der Waals surface area (Å²) in [6, 6.07) is 18.5. The van der Waals surface area contributed by atoms with E-state index >= 15 is 0 Å². The van der Waals surface area contributed by atoms with Crippen molar-refractivity contribution >= 4 is 40.0 Å². The number of carbonyl (C=O) groups is 3. The maximum absolute atomic E-state index is 14.0. The molecule has 1 N–H and O–H groups in total. The second-order valence-corrected chi connectivity index (χ2v) is 10.8. The van der Waals surface area contributed by atoms with Crippen LogP contribution in [0.15, 0.2) is 60.7 Å². The van der Waals surface area contributed by atoms with Crippen LogP contribution >= 0.6 is 0 Å². The highest BCUT2D eigenvalue weighted by Crippen LogP contribution is 2.36. The third-order valence-corrected chi connectivity index (χ3v) is 7.58. The maximum Gasteiger partial charge on any atom is 0.274 e. The first-order valence-electron chi connectivity index (χ1n) is 14.4. The quantitative estimate of drug-likeness (QED) is 0.289. The second-order valence-electron chi connectivity index (χ2n) is 10.8. The van der Waals surface area contributed by atoms with Gasteiger partial charge in [-0.3, -0.25) is 14.4 Å². The number of Topliss-reactive ketones (excluding diaryl/α,β-unsaturated/α-hetero) is 1. The molecule has 42 heavy (non-hydrogen) atoms. The number of nitrogens with zero attached hydrogens (tertiary/aromatic N) is 4. The average Bonchev–Trinajstić information content (AvgIpc) is 3.26. The number of ketones is 1. The molecular formula is C33H37N5O4. The standard InChI is InChI=1S/C33H37N5O4/c1-6-27-28(35-32(40)24-10-8-7-9-11-24)20-26-30(42-21(2)3)29(36(5)31(26)34-27)33(41)38-18-16-37(17-19-38)25-14-12-23(13-15-25)22(4)39/h7-15,20-21H,6,16-19H2,1-5H3,(H,35,40). The molecule has 0 bridgehead atoms. The summed E-state index contributed by atoms with van der Waals surface area (Å²) in [6.07, 6.45) is 0.426. The van der Waals surface area contributed by atoms with Gasteiger partial charge in [0.1, 0.15) is 5.65 Å². The number of amides is 2. The van der Waals surface area contributed by atoms with E-state index in [9.17, 15) is 14.4 Å². The van der Waals surface area contributed by atoms with Crippen molar-refractivity contribution in [2.45, 2.75) is 40.2 Å². The van der Waals surface area contributed by atoms with Gasteiger partial charge in [-0.1, -0.05) is 25.1 Å². The van der Waals surface area contributed by atoms with Gasteiger partial charge in [0.05, 0.1) is 22.9 Å². The number of aromatic nitrogens is 2. The van der Waals surface area contributed by atoms with E-state index in [-0.39, 0.29) is 23.7 Å². The third-order valence-electron chi connectivity index (χ3n) is 7.58. The zero-order valence-corrected chi connectivity index (χ0v) is 24.8. The zero-order valence-electron chi connectivity index (χ0n) is 24.8. The molecule has 9 heteroatoms. The zero-order chi connectivity index (χ0) is 30.0. The summed E-state index contributed by atoms with van der Waals surface area (Å²) >= 11 is 0. The number of hydrogen-bond donors (Lipinski definition) is 1. The lowest BCUT2D eigenvalue weighted by Gasteiger charge is -2.36. The molecular weight excluding hydrogens is 530 g/mol. The molecule has 2 aromatic carbocycles. The van der Waals surface area contributed by atoms with E-state index in [2.05, 4.69) is 10.2 Å². The SMILES string of the molecule is CCc1nc2c(cc1NC(=O)c1ccccc1)c(OC(C)C)c(C(=O)N1CCN(c3ccc(C(C)=O)cc3)CC1)n2C. The first-order valence-corrected chi connectivity index (χ1v) is 14.4. The molecule has 2 amide bonds. The van der Waals surface area contributed by atoms with Crippen LogP contribution < -0.4 is 15.0 Å². The maximum atomic E-state index is 14.0. The third kappa shape index (κ3) is 5.72. The molecule has 0 spiro atoms. The number of benzene rings is 2. The highest BCUT2D eigenvalue weighted by atomic mass is 16.5. The van der Waals surface area contributed by atoms with Crippen molar-refractivity contribution in [3.05, 3.63) is 83.2 Å². The molecule has 1 saturated heterocycles. The molecule has 0 aliphatic carbocycles. The highest BCUT2D eigenvalue weighted by molar-refractivity contribution is 6.07. The number of aryl methyl sites for hydroxylation is 2. The molecule has 1 aliphatic rings. The number of nitrogens with one attached hydrogen (secondary N) is 1. The predicted octanol–water partition coefficient (Wildman–Crippen LogP) is 5.34. The smallest absolute Gasteiger partial charge is 0.274 e. The van der Waals surface area contributed by atoms with E-state index in [1.165, 1.54) is 0 Å². The summed E-state index contributed by atoms with van der Waals surface area (Å²) in [5.74, 6) is 0.169. The van der Waals surface area contributed by atoms with Gasteiger partial charge in [0, 0.05) is 50.0 Å². The topological polar surface area (TPSA) is 96.8 Å². The van der Waals surface area contributed by atoms with Gasteiger partial charge in [-0.25, -0.2) is 4.98 Å². The molecule has 9 nitrogen and oxygen atoms in total. The molecule has 218 valence electrons. The number of fused-ring (bicyclic) bond motifs is 1. The summed E-state index contributed by atoms with van der Waals surface area (Å²) in [6.45, 7) is 9.82. The normalized spacial score (nSPS) is 13.5. The monoisotopic (exact) mass is 567 g/mol. The Balaban J connectivity index is 1.44. The summed E-state index contributed by atoms with van der Waals surface area (Å²) in [5, 5.41) is 3.70. The van der Waals surface area contributed by atoms with Gasteiger partial charge >= 0.3 is 0 Å². The molecule has 1 fully saturated rings. The van der Waals surface area contributed by atoms with Crippen LogP contribution in [0.1, 0.15) is 64.6 Å². The minimum absolute atomic E-state index is 0.0394. The van der Waals surface area contributed by atoms with Gasteiger partial charge in [0.25, 0.3) is 11.8 Å². The molecule has 2 aromatic heterocycles. The molecule has 0 unspecified atom stereocenters. The van der Waals surface area contributed by atoms with Gasteiger partial charge in [-0.15, -0.1) is 0 Å². The second kappa shape index (κ2) is 12.1. The van der Waals surface area contributed by atoms with Crippen LogP contribution in [0, 0.1) is 0 Å². The van der Waals surface area contributed by atoms with Gasteiger partial charge in [-0.2, -0.15) is 0 Å². The molecule has 0 atom stereocenters. The van der Waals surface area contributed by atoms with Crippen LogP contribution in [0.4, 0.5) is 11.4 Å². The van der Waals surface area contributed by atoms with Crippen LogP contribution in [-0.2, 0) is 13.5 Å². The van der Waals surface area contributed by atoms with Crippen molar-refractivity contribution in [3.8, 4) is 5.75 Å². The van der Waals surface area contributed by atoms with Crippen LogP contribution in [0.5, 0.6) is 5.75 Å². The first-order chi connectivity index (χ1) is 20.2. The van der Waals surface area contributed by atoms with E-state index in [1.807, 2.05) is 85.8 Å². The van der Waals surface area contributed by atoms with E-state index in [0.29, 0.717) is 71.9 Å². The Bertz CT molecular complexity index is 1620. The molecule has 4 aromatic rings. The van der Waals surface area contributed by atoms with Crippen LogP contribution in [0.2, 0.25) is 0 Å². The van der Waals surface area contributed by atoms with Crippen molar-refractivity contribution in [2.75, 3.05) is 36.4 Å². The fraction of sp³-hybridized carbons (Fsp3) is 0.333. The van der Waals surface area contributed by atoms with Gasteiger partial charge < -0.3 is 24.4 Å². The molecule has 0 radical (unpaired) electrons. The van der Waals surface area contributed by atoms with Crippen molar-refractivity contribution < 1.29 is 19.1 Å². The fourth-order valence-corrected chi connectivity index (χ4v) is 5.33. The number of hydrogen-bond acceptors (Lipinski definition) is 6.